The fraction of sp³-hybridized carbons (Fsp3) is 0.0370. The molecule has 0 aliphatic carbocycles. The number of para-hydroxylation sites is 1. The van der Waals surface area contributed by atoms with Crippen LogP contribution in [0.3, 0.4) is 0 Å². The Morgan fingerprint density at radius 3 is 2.09 bits per heavy atom. The zero-order valence-electron chi connectivity index (χ0n) is 17.4. The Balaban J connectivity index is 1.44. The molecule has 0 amide bonds. The lowest BCUT2D eigenvalue weighted by molar-refractivity contribution is 0.483. The third-order valence-corrected chi connectivity index (χ3v) is 5.33. The van der Waals surface area contributed by atoms with E-state index in [0.29, 0.717) is 10.8 Å². The lowest BCUT2D eigenvalue weighted by Gasteiger charge is -2.12. The number of benzene rings is 4. The van der Waals surface area contributed by atoms with Gasteiger partial charge in [0.25, 0.3) is 0 Å². The van der Waals surface area contributed by atoms with Crippen LogP contribution in [0.2, 0.25) is 5.02 Å². The van der Waals surface area contributed by atoms with Crippen molar-refractivity contribution in [3.05, 3.63) is 108 Å². The molecule has 0 bridgehead atoms. The summed E-state index contributed by atoms with van der Waals surface area (Å²) in [6.07, 6.45) is 0. The minimum atomic E-state index is 0.680. The first-order chi connectivity index (χ1) is 15.6. The van der Waals surface area contributed by atoms with E-state index in [1.165, 1.54) is 5.56 Å². The molecule has 156 valence electrons. The molecule has 5 aromatic rings. The van der Waals surface area contributed by atoms with E-state index in [1.807, 2.05) is 72.8 Å². The molecular weight excluding hydrogens is 418 g/mol. The average Bonchev–Trinajstić information content (AvgIpc) is 2.82. The Labute approximate surface area is 191 Å². The van der Waals surface area contributed by atoms with E-state index in [-0.39, 0.29) is 0 Å². The van der Waals surface area contributed by atoms with E-state index in [2.05, 4.69) is 24.4 Å². The van der Waals surface area contributed by atoms with Crippen LogP contribution in [0.4, 0.5) is 11.5 Å². The van der Waals surface area contributed by atoms with Gasteiger partial charge in [-0.25, -0.2) is 9.97 Å². The van der Waals surface area contributed by atoms with E-state index in [9.17, 15) is 0 Å². The summed E-state index contributed by atoms with van der Waals surface area (Å²) in [5.41, 5.74) is 3.99. The molecule has 5 rings (SSSR count). The van der Waals surface area contributed by atoms with E-state index in [0.717, 1.165) is 39.5 Å². The van der Waals surface area contributed by atoms with Crippen molar-refractivity contribution in [2.75, 3.05) is 5.32 Å². The summed E-state index contributed by atoms with van der Waals surface area (Å²) in [5.74, 6) is 2.93. The molecular formula is C27H20ClN3O. The highest BCUT2D eigenvalue weighted by atomic mass is 35.5. The van der Waals surface area contributed by atoms with E-state index in [1.54, 1.807) is 12.1 Å². The molecule has 5 heteroatoms. The number of rotatable bonds is 5. The number of hydrogen-bond donors (Lipinski definition) is 1. The van der Waals surface area contributed by atoms with Crippen molar-refractivity contribution in [3.63, 3.8) is 0 Å². The third kappa shape index (κ3) is 4.41. The highest BCUT2D eigenvalue weighted by Crippen LogP contribution is 2.29. The van der Waals surface area contributed by atoms with Crippen molar-refractivity contribution >= 4 is 34.0 Å². The van der Waals surface area contributed by atoms with Crippen LogP contribution in [0.25, 0.3) is 22.3 Å². The quantitative estimate of drug-likeness (QED) is 0.304. The summed E-state index contributed by atoms with van der Waals surface area (Å²) in [6.45, 7) is 2.07. The smallest absolute Gasteiger partial charge is 0.162 e. The number of aromatic nitrogens is 2. The van der Waals surface area contributed by atoms with Gasteiger partial charge in [0.15, 0.2) is 5.82 Å². The normalized spacial score (nSPS) is 10.8. The second kappa shape index (κ2) is 8.69. The maximum absolute atomic E-state index is 5.94. The molecule has 1 N–H and O–H groups in total. The zero-order valence-corrected chi connectivity index (χ0v) is 18.2. The third-order valence-electron chi connectivity index (χ3n) is 5.08. The van der Waals surface area contributed by atoms with Crippen molar-refractivity contribution in [1.29, 1.82) is 0 Å². The molecule has 32 heavy (non-hydrogen) atoms. The van der Waals surface area contributed by atoms with Crippen molar-refractivity contribution in [3.8, 4) is 22.9 Å². The SMILES string of the molecule is Cc1ccc(-c2nc(Nc3ccc(Oc4ccc(Cl)cc4)cc3)c3ccccc3n2)cc1. The maximum Gasteiger partial charge on any atom is 0.162 e. The van der Waals surface area contributed by atoms with Crippen LogP contribution in [0, 0.1) is 6.92 Å². The van der Waals surface area contributed by atoms with Crippen LogP contribution in [0.15, 0.2) is 97.1 Å². The van der Waals surface area contributed by atoms with E-state index in [4.69, 9.17) is 26.3 Å². The van der Waals surface area contributed by atoms with Crippen molar-refractivity contribution in [2.45, 2.75) is 6.92 Å². The molecule has 4 nitrogen and oxygen atoms in total. The van der Waals surface area contributed by atoms with Gasteiger partial charge < -0.3 is 10.1 Å². The molecule has 1 aromatic heterocycles. The molecule has 0 unspecified atom stereocenters. The fourth-order valence-electron chi connectivity index (χ4n) is 3.39. The highest BCUT2D eigenvalue weighted by molar-refractivity contribution is 6.30. The molecule has 4 aromatic carbocycles. The van der Waals surface area contributed by atoms with Gasteiger partial charge >= 0.3 is 0 Å². The largest absolute Gasteiger partial charge is 0.457 e. The van der Waals surface area contributed by atoms with Crippen LogP contribution in [-0.4, -0.2) is 9.97 Å². The molecule has 0 atom stereocenters. The summed E-state index contributed by atoms with van der Waals surface area (Å²) in [6, 6.07) is 31.3. The van der Waals surface area contributed by atoms with Gasteiger partial charge in [0.2, 0.25) is 0 Å². The highest BCUT2D eigenvalue weighted by Gasteiger charge is 2.10. The molecule has 0 fully saturated rings. The van der Waals surface area contributed by atoms with Gasteiger partial charge in [-0.05, 0) is 67.6 Å². The number of nitrogens with one attached hydrogen (secondary N) is 1. The first-order valence-corrected chi connectivity index (χ1v) is 10.7. The second-order valence-corrected chi connectivity index (χ2v) is 7.92. The number of halogens is 1. The van der Waals surface area contributed by atoms with Crippen LogP contribution in [-0.2, 0) is 0 Å². The molecule has 1 heterocycles. The minimum absolute atomic E-state index is 0.680. The van der Waals surface area contributed by atoms with Gasteiger partial charge in [-0.1, -0.05) is 53.6 Å². The second-order valence-electron chi connectivity index (χ2n) is 7.48. The Bertz CT molecular complexity index is 1370. The lowest BCUT2D eigenvalue weighted by Crippen LogP contribution is -1.99. The molecule has 0 aliphatic heterocycles. The van der Waals surface area contributed by atoms with Gasteiger partial charge in [-0.3, -0.25) is 0 Å². The van der Waals surface area contributed by atoms with Crippen LogP contribution in [0.1, 0.15) is 5.56 Å². The maximum atomic E-state index is 5.94. The standard InChI is InChI=1S/C27H20ClN3O/c1-18-6-8-19(9-7-18)26-30-25-5-3-2-4-24(25)27(31-26)29-21-12-16-23(17-13-21)32-22-14-10-20(28)11-15-22/h2-17H,1H3,(H,29,30,31). The fourth-order valence-corrected chi connectivity index (χ4v) is 3.51. The number of hydrogen-bond acceptors (Lipinski definition) is 4. The summed E-state index contributed by atoms with van der Waals surface area (Å²) in [7, 11) is 0. The molecule has 0 radical (unpaired) electrons. The Morgan fingerprint density at radius 1 is 0.719 bits per heavy atom. The topological polar surface area (TPSA) is 47.0 Å². The molecule has 0 saturated heterocycles. The number of fused-ring (bicyclic) bond motifs is 1. The Hall–Kier alpha value is -3.89. The van der Waals surface area contributed by atoms with Gasteiger partial charge in [0.1, 0.15) is 17.3 Å². The number of ether oxygens (including phenoxy) is 1. The minimum Gasteiger partial charge on any atom is -0.457 e. The van der Waals surface area contributed by atoms with Crippen LogP contribution < -0.4 is 10.1 Å². The summed E-state index contributed by atoms with van der Waals surface area (Å²) < 4.78 is 5.88. The summed E-state index contributed by atoms with van der Waals surface area (Å²) in [5, 5.41) is 5.09. The molecule has 0 spiro atoms. The van der Waals surface area contributed by atoms with Crippen molar-refractivity contribution < 1.29 is 4.74 Å². The van der Waals surface area contributed by atoms with Crippen molar-refractivity contribution in [2.24, 2.45) is 0 Å². The molecule has 0 saturated carbocycles. The first kappa shape index (κ1) is 20.0. The first-order valence-electron chi connectivity index (χ1n) is 10.3. The zero-order chi connectivity index (χ0) is 21.9. The van der Waals surface area contributed by atoms with Gasteiger partial charge in [-0.15, -0.1) is 0 Å². The van der Waals surface area contributed by atoms with Crippen molar-refractivity contribution in [1.82, 2.24) is 9.97 Å². The Kier molecular flexibility index (Phi) is 5.44. The monoisotopic (exact) mass is 437 g/mol. The number of nitrogens with zero attached hydrogens (tertiary/aromatic N) is 2. The summed E-state index contributed by atoms with van der Waals surface area (Å²) >= 11 is 5.94. The molecule has 0 aliphatic rings. The number of aryl methyl sites for hydroxylation is 1. The van der Waals surface area contributed by atoms with E-state index >= 15 is 0 Å². The predicted molar refractivity (Wildman–Crippen MR) is 131 cm³/mol. The Morgan fingerprint density at radius 2 is 1.38 bits per heavy atom. The van der Waals surface area contributed by atoms with Gasteiger partial charge in [-0.2, -0.15) is 0 Å². The van der Waals surface area contributed by atoms with E-state index < -0.39 is 0 Å². The number of anilines is 2. The van der Waals surface area contributed by atoms with Crippen LogP contribution >= 0.6 is 11.6 Å². The summed E-state index contributed by atoms with van der Waals surface area (Å²) in [4.78, 5) is 9.59. The average molecular weight is 438 g/mol. The van der Waals surface area contributed by atoms with Gasteiger partial charge in [0.05, 0.1) is 5.52 Å². The van der Waals surface area contributed by atoms with Gasteiger partial charge in [0, 0.05) is 21.7 Å². The van der Waals surface area contributed by atoms with Crippen LogP contribution in [0.5, 0.6) is 11.5 Å². The predicted octanol–water partition coefficient (Wildman–Crippen LogP) is 7.79. The lowest BCUT2D eigenvalue weighted by atomic mass is 10.1.